The molecule has 100 valence electrons. The highest BCUT2D eigenvalue weighted by Crippen LogP contribution is 2.18. The Morgan fingerprint density at radius 1 is 1.53 bits per heavy atom. The predicted octanol–water partition coefficient (Wildman–Crippen LogP) is 1.69. The van der Waals surface area contributed by atoms with Gasteiger partial charge in [0.25, 0.3) is 5.91 Å². The van der Waals surface area contributed by atoms with Gasteiger partial charge in [-0.3, -0.25) is 9.48 Å². The molecule has 1 amide bonds. The van der Waals surface area contributed by atoms with E-state index in [1.54, 1.807) is 10.9 Å². The van der Waals surface area contributed by atoms with Crippen LogP contribution in [0.15, 0.2) is 30.6 Å². The van der Waals surface area contributed by atoms with E-state index < -0.39 is 11.7 Å². The zero-order chi connectivity index (χ0) is 13.8. The lowest BCUT2D eigenvalue weighted by atomic mass is 10.2. The molecule has 0 fully saturated rings. The third-order valence-corrected chi connectivity index (χ3v) is 2.78. The molecule has 0 aliphatic carbocycles. The Bertz CT molecular complexity index is 579. The third-order valence-electron chi connectivity index (χ3n) is 2.47. The number of nitrogen functional groups attached to an aromatic ring is 1. The fourth-order valence-corrected chi connectivity index (χ4v) is 1.84. The number of hydrogen-bond donors (Lipinski definition) is 2. The van der Waals surface area contributed by atoms with E-state index >= 15 is 0 Å². The number of nitrogens with zero attached hydrogens (tertiary/aromatic N) is 2. The average Bonchev–Trinajstić information content (AvgIpc) is 2.75. The second kappa shape index (κ2) is 5.71. The minimum absolute atomic E-state index is 0.0841. The molecule has 0 radical (unpaired) electrons. The third kappa shape index (κ3) is 3.23. The van der Waals surface area contributed by atoms with Gasteiger partial charge in [-0.25, -0.2) is 4.39 Å². The number of halogens is 2. The molecule has 0 saturated heterocycles. The predicted molar refractivity (Wildman–Crippen MR) is 70.4 cm³/mol. The molecule has 1 heterocycles. The first-order chi connectivity index (χ1) is 9.08. The summed E-state index contributed by atoms with van der Waals surface area (Å²) in [6.07, 6.45) is 3.15. The van der Waals surface area contributed by atoms with Crippen LogP contribution in [0, 0.1) is 5.82 Å². The fraction of sp³-hybridized carbons (Fsp3) is 0.167. The number of aromatic nitrogens is 2. The Morgan fingerprint density at radius 2 is 2.32 bits per heavy atom. The van der Waals surface area contributed by atoms with E-state index in [0.29, 0.717) is 18.8 Å². The zero-order valence-corrected chi connectivity index (χ0v) is 10.7. The Hall–Kier alpha value is -2.08. The molecule has 5 nitrogen and oxygen atoms in total. The first-order valence-electron chi connectivity index (χ1n) is 5.58. The van der Waals surface area contributed by atoms with Crippen LogP contribution in [0.1, 0.15) is 10.4 Å². The largest absolute Gasteiger partial charge is 0.396 e. The van der Waals surface area contributed by atoms with Crippen molar-refractivity contribution in [1.29, 1.82) is 0 Å². The second-order valence-electron chi connectivity index (χ2n) is 3.89. The van der Waals surface area contributed by atoms with Gasteiger partial charge >= 0.3 is 0 Å². The van der Waals surface area contributed by atoms with Gasteiger partial charge in [0, 0.05) is 12.7 Å². The number of nitrogens with two attached hydrogens (primary N) is 1. The van der Waals surface area contributed by atoms with Crippen molar-refractivity contribution in [3.63, 3.8) is 0 Å². The van der Waals surface area contributed by atoms with Crippen LogP contribution in [0.25, 0.3) is 0 Å². The quantitative estimate of drug-likeness (QED) is 0.896. The summed E-state index contributed by atoms with van der Waals surface area (Å²) in [6, 6.07) is 4.10. The zero-order valence-electron chi connectivity index (χ0n) is 9.94. The van der Waals surface area contributed by atoms with Crippen LogP contribution in [0.3, 0.4) is 0 Å². The summed E-state index contributed by atoms with van der Waals surface area (Å²) in [5.74, 6) is -1.20. The minimum Gasteiger partial charge on any atom is -0.396 e. The topological polar surface area (TPSA) is 72.9 Å². The smallest absolute Gasteiger partial charge is 0.255 e. The van der Waals surface area contributed by atoms with E-state index in [2.05, 4.69) is 10.4 Å². The first-order valence-corrected chi connectivity index (χ1v) is 5.96. The van der Waals surface area contributed by atoms with E-state index in [1.807, 2.05) is 0 Å². The maximum atomic E-state index is 13.5. The van der Waals surface area contributed by atoms with Gasteiger partial charge in [-0.05, 0) is 12.1 Å². The highest BCUT2D eigenvalue weighted by molar-refractivity contribution is 6.33. The molecule has 0 aliphatic rings. The monoisotopic (exact) mass is 282 g/mol. The molecule has 2 rings (SSSR count). The average molecular weight is 283 g/mol. The van der Waals surface area contributed by atoms with Gasteiger partial charge in [-0.1, -0.05) is 17.7 Å². The number of carbonyl (C=O) groups is 1. The van der Waals surface area contributed by atoms with Crippen LogP contribution < -0.4 is 11.1 Å². The summed E-state index contributed by atoms with van der Waals surface area (Å²) in [6.45, 7) is 0.736. The first kappa shape index (κ1) is 13.4. The highest BCUT2D eigenvalue weighted by atomic mass is 35.5. The SMILES string of the molecule is Nc1cnn(CCNC(=O)c2c(F)cccc2Cl)c1. The van der Waals surface area contributed by atoms with Gasteiger partial charge in [0.1, 0.15) is 5.82 Å². The van der Waals surface area contributed by atoms with Gasteiger partial charge in [0.2, 0.25) is 0 Å². The molecule has 3 N–H and O–H groups in total. The summed E-state index contributed by atoms with van der Waals surface area (Å²) < 4.78 is 15.1. The lowest BCUT2D eigenvalue weighted by Crippen LogP contribution is -2.28. The molecular formula is C12H12ClFN4O. The van der Waals surface area contributed by atoms with Crippen molar-refractivity contribution in [2.75, 3.05) is 12.3 Å². The molecule has 0 bridgehead atoms. The van der Waals surface area contributed by atoms with Gasteiger partial charge in [-0.2, -0.15) is 5.10 Å². The Balaban J connectivity index is 1.94. The molecule has 7 heteroatoms. The van der Waals surface area contributed by atoms with Crippen molar-refractivity contribution >= 4 is 23.2 Å². The second-order valence-corrected chi connectivity index (χ2v) is 4.30. The van der Waals surface area contributed by atoms with Gasteiger partial charge in [0.15, 0.2) is 0 Å². The molecule has 0 spiro atoms. The van der Waals surface area contributed by atoms with Gasteiger partial charge in [-0.15, -0.1) is 0 Å². The molecular weight excluding hydrogens is 271 g/mol. The molecule has 0 atom stereocenters. The lowest BCUT2D eigenvalue weighted by Gasteiger charge is -2.07. The van der Waals surface area contributed by atoms with E-state index in [4.69, 9.17) is 17.3 Å². The van der Waals surface area contributed by atoms with Crippen molar-refractivity contribution in [1.82, 2.24) is 15.1 Å². The fourth-order valence-electron chi connectivity index (χ4n) is 1.59. The number of carbonyl (C=O) groups excluding carboxylic acids is 1. The standard InChI is InChI=1S/C12H12ClFN4O/c13-9-2-1-3-10(14)11(9)12(19)16-4-5-18-7-8(15)6-17-18/h1-3,6-7H,4-5,15H2,(H,16,19). The summed E-state index contributed by atoms with van der Waals surface area (Å²) >= 11 is 5.79. The summed E-state index contributed by atoms with van der Waals surface area (Å²) in [7, 11) is 0. The molecule has 0 unspecified atom stereocenters. The maximum absolute atomic E-state index is 13.5. The van der Waals surface area contributed by atoms with Crippen molar-refractivity contribution in [3.05, 3.63) is 47.0 Å². The number of benzene rings is 1. The maximum Gasteiger partial charge on any atom is 0.255 e. The van der Waals surface area contributed by atoms with Crippen LogP contribution in [0.4, 0.5) is 10.1 Å². The van der Waals surface area contributed by atoms with Gasteiger partial charge < -0.3 is 11.1 Å². The van der Waals surface area contributed by atoms with Crippen molar-refractivity contribution in [2.45, 2.75) is 6.54 Å². The summed E-state index contributed by atoms with van der Waals surface area (Å²) in [4.78, 5) is 11.8. The number of nitrogens with one attached hydrogen (secondary N) is 1. The number of rotatable bonds is 4. The van der Waals surface area contributed by atoms with Crippen LogP contribution in [-0.4, -0.2) is 22.2 Å². The number of hydrogen-bond acceptors (Lipinski definition) is 3. The van der Waals surface area contributed by atoms with Crippen molar-refractivity contribution < 1.29 is 9.18 Å². The highest BCUT2D eigenvalue weighted by Gasteiger charge is 2.14. The van der Waals surface area contributed by atoms with E-state index in [0.717, 1.165) is 0 Å². The summed E-state index contributed by atoms with van der Waals surface area (Å²) in [5.41, 5.74) is 5.90. The molecule has 19 heavy (non-hydrogen) atoms. The number of amides is 1. The van der Waals surface area contributed by atoms with E-state index in [1.165, 1.54) is 24.4 Å². The molecule has 1 aromatic carbocycles. The number of anilines is 1. The normalized spacial score (nSPS) is 10.4. The van der Waals surface area contributed by atoms with Crippen molar-refractivity contribution in [2.24, 2.45) is 0 Å². The van der Waals surface area contributed by atoms with Crippen molar-refractivity contribution in [3.8, 4) is 0 Å². The minimum atomic E-state index is -0.645. The molecule has 0 saturated carbocycles. The van der Waals surface area contributed by atoms with Crippen LogP contribution >= 0.6 is 11.6 Å². The molecule has 2 aromatic rings. The Morgan fingerprint density at radius 3 is 2.95 bits per heavy atom. The Labute approximate surface area is 114 Å². The van der Waals surface area contributed by atoms with Crippen LogP contribution in [0.2, 0.25) is 5.02 Å². The van der Waals surface area contributed by atoms with E-state index in [9.17, 15) is 9.18 Å². The Kier molecular flexibility index (Phi) is 4.01. The summed E-state index contributed by atoms with van der Waals surface area (Å²) in [5, 5.41) is 6.62. The lowest BCUT2D eigenvalue weighted by molar-refractivity contribution is 0.0948. The van der Waals surface area contributed by atoms with E-state index in [-0.39, 0.29) is 10.6 Å². The van der Waals surface area contributed by atoms with Crippen LogP contribution in [0.5, 0.6) is 0 Å². The van der Waals surface area contributed by atoms with Gasteiger partial charge in [0.05, 0.1) is 29.0 Å². The van der Waals surface area contributed by atoms with Crippen LogP contribution in [-0.2, 0) is 6.54 Å². The molecule has 0 aliphatic heterocycles. The molecule has 1 aromatic heterocycles.